The molecule has 106 valence electrons. The van der Waals surface area contributed by atoms with Gasteiger partial charge in [-0.15, -0.1) is 0 Å². The molecule has 0 radical (unpaired) electrons. The lowest BCUT2D eigenvalue weighted by atomic mass is 9.98. The van der Waals surface area contributed by atoms with Crippen LogP contribution in [0.5, 0.6) is 0 Å². The molecule has 0 amide bonds. The largest absolute Gasteiger partial charge is 0.481 e. The van der Waals surface area contributed by atoms with Crippen molar-refractivity contribution in [2.75, 3.05) is 5.33 Å². The molecule has 9 nitrogen and oxygen atoms in total. The molecule has 0 spiro atoms. The van der Waals surface area contributed by atoms with Crippen LogP contribution in [0, 0.1) is 5.92 Å². The van der Waals surface area contributed by atoms with Crippen molar-refractivity contribution in [2.24, 2.45) is 5.92 Å². The Morgan fingerprint density at radius 3 is 1.84 bits per heavy atom. The number of carboxylic acid groups (broad SMARTS) is 3. The van der Waals surface area contributed by atoms with E-state index in [9.17, 15) is 24.0 Å². The van der Waals surface area contributed by atoms with Crippen LogP contribution in [0.1, 0.15) is 6.42 Å². The first-order valence-corrected chi connectivity index (χ1v) is 5.80. The Morgan fingerprint density at radius 2 is 1.53 bits per heavy atom. The third kappa shape index (κ3) is 5.46. The van der Waals surface area contributed by atoms with E-state index in [1.807, 2.05) is 0 Å². The minimum atomic E-state index is -2.26. The number of ether oxygens (including phenoxy) is 1. The Kier molecular flexibility index (Phi) is 6.69. The molecule has 10 heteroatoms. The third-order valence-electron chi connectivity index (χ3n) is 1.90. The molecule has 0 aliphatic rings. The van der Waals surface area contributed by atoms with Gasteiger partial charge in [-0.05, 0) is 0 Å². The van der Waals surface area contributed by atoms with Crippen LogP contribution in [0.4, 0.5) is 0 Å². The predicted octanol–water partition coefficient (Wildman–Crippen LogP) is -0.878. The number of esters is 1. The first-order valence-electron chi connectivity index (χ1n) is 4.67. The molecule has 0 saturated carbocycles. The van der Waals surface area contributed by atoms with E-state index in [4.69, 9.17) is 15.3 Å². The van der Waals surface area contributed by atoms with Crippen LogP contribution < -0.4 is 0 Å². The van der Waals surface area contributed by atoms with Gasteiger partial charge in [0.1, 0.15) is 5.92 Å². The third-order valence-corrected chi connectivity index (χ3v) is 2.41. The van der Waals surface area contributed by atoms with Crippen molar-refractivity contribution in [3.05, 3.63) is 0 Å². The first-order chi connectivity index (χ1) is 8.70. The topological polar surface area (TPSA) is 155 Å². The molecular weight excluding hydrogens is 332 g/mol. The summed E-state index contributed by atoms with van der Waals surface area (Å²) in [5.41, 5.74) is 0. The fraction of sp³-hybridized carbons (Fsp3) is 0.444. The second-order valence-electron chi connectivity index (χ2n) is 3.26. The number of carbonyl (C=O) groups excluding carboxylic acids is 2. The van der Waals surface area contributed by atoms with Gasteiger partial charge in [0.25, 0.3) is 5.78 Å². The molecule has 0 aromatic heterocycles. The average Bonchev–Trinajstić information content (AvgIpc) is 2.31. The number of ketones is 1. The zero-order valence-electron chi connectivity index (χ0n) is 9.24. The van der Waals surface area contributed by atoms with E-state index in [2.05, 4.69) is 20.7 Å². The van der Waals surface area contributed by atoms with Crippen LogP contribution in [-0.2, 0) is 28.7 Å². The number of aliphatic carboxylic acids is 3. The van der Waals surface area contributed by atoms with Gasteiger partial charge in [0, 0.05) is 0 Å². The Morgan fingerprint density at radius 1 is 1.00 bits per heavy atom. The second-order valence-corrected chi connectivity index (χ2v) is 3.82. The molecule has 0 aliphatic heterocycles. The van der Waals surface area contributed by atoms with Crippen molar-refractivity contribution < 1.29 is 44.0 Å². The molecule has 0 bridgehead atoms. The molecule has 19 heavy (non-hydrogen) atoms. The van der Waals surface area contributed by atoms with E-state index < -0.39 is 53.4 Å². The van der Waals surface area contributed by atoms with Crippen molar-refractivity contribution in [1.29, 1.82) is 0 Å². The summed E-state index contributed by atoms with van der Waals surface area (Å²) >= 11 is 2.64. The molecule has 0 saturated heterocycles. The van der Waals surface area contributed by atoms with Crippen LogP contribution in [0.2, 0.25) is 0 Å². The summed E-state index contributed by atoms with van der Waals surface area (Å²) in [5.74, 6) is -9.88. The highest BCUT2D eigenvalue weighted by Crippen LogP contribution is 2.15. The molecule has 0 aliphatic carbocycles. The Balaban J connectivity index is 5.11. The second kappa shape index (κ2) is 7.46. The maximum Gasteiger partial charge on any atom is 0.376 e. The maximum atomic E-state index is 11.1. The average molecular weight is 341 g/mol. The summed E-state index contributed by atoms with van der Waals surface area (Å²) in [5, 5.41) is 25.5. The first kappa shape index (κ1) is 17.0. The molecular formula is C9H9BrO9. The number of alkyl halides is 1. The lowest BCUT2D eigenvalue weighted by molar-refractivity contribution is -0.176. The highest BCUT2D eigenvalue weighted by molar-refractivity contribution is 9.09. The number of hydrogen-bond donors (Lipinski definition) is 3. The van der Waals surface area contributed by atoms with Gasteiger partial charge in [-0.2, -0.15) is 0 Å². The number of halogens is 1. The van der Waals surface area contributed by atoms with Crippen LogP contribution in [0.15, 0.2) is 0 Å². The van der Waals surface area contributed by atoms with Gasteiger partial charge in [0.2, 0.25) is 6.10 Å². The molecule has 0 fully saturated rings. The van der Waals surface area contributed by atoms with E-state index in [-0.39, 0.29) is 0 Å². The van der Waals surface area contributed by atoms with E-state index in [1.54, 1.807) is 0 Å². The lowest BCUT2D eigenvalue weighted by Crippen LogP contribution is -2.41. The fourth-order valence-electron chi connectivity index (χ4n) is 1.05. The Hall–Kier alpha value is -1.97. The monoisotopic (exact) mass is 340 g/mol. The van der Waals surface area contributed by atoms with Crippen LogP contribution >= 0.6 is 15.9 Å². The van der Waals surface area contributed by atoms with Gasteiger partial charge in [0.15, 0.2) is 0 Å². The summed E-state index contributed by atoms with van der Waals surface area (Å²) < 4.78 is 4.23. The van der Waals surface area contributed by atoms with E-state index in [0.717, 1.165) is 0 Å². The number of Topliss-reactive ketones (excluding diaryl/α,β-unsaturated/α-hetero) is 1. The minimum absolute atomic E-state index is 0.436. The van der Waals surface area contributed by atoms with Gasteiger partial charge in [-0.3, -0.25) is 14.4 Å². The zero-order valence-corrected chi connectivity index (χ0v) is 10.8. The van der Waals surface area contributed by atoms with Crippen molar-refractivity contribution in [3.63, 3.8) is 0 Å². The van der Waals surface area contributed by atoms with Gasteiger partial charge >= 0.3 is 23.9 Å². The normalized spacial score (nSPS) is 13.1. The van der Waals surface area contributed by atoms with E-state index >= 15 is 0 Å². The number of rotatable bonds is 8. The van der Waals surface area contributed by atoms with Crippen molar-refractivity contribution >= 4 is 45.6 Å². The van der Waals surface area contributed by atoms with Gasteiger partial charge < -0.3 is 20.1 Å². The summed E-state index contributed by atoms with van der Waals surface area (Å²) in [6.45, 7) is 0. The molecule has 0 heterocycles. The standard InChI is InChI=1S/C9H9BrO9/c10-2-4(11)9(18)19-6(8(16)17)3(7(14)15)1-5(12)13/h3,6H,1-2H2,(H,12,13)(H,14,15)(H,16,17). The van der Waals surface area contributed by atoms with E-state index in [0.29, 0.717) is 0 Å². The quantitative estimate of drug-likeness (QED) is 0.290. The van der Waals surface area contributed by atoms with Crippen molar-refractivity contribution in [1.82, 2.24) is 0 Å². The van der Waals surface area contributed by atoms with Gasteiger partial charge in [0.05, 0.1) is 11.8 Å². The zero-order chi connectivity index (χ0) is 15.2. The van der Waals surface area contributed by atoms with Crippen LogP contribution in [0.3, 0.4) is 0 Å². The number of carboxylic acids is 3. The highest BCUT2D eigenvalue weighted by atomic mass is 79.9. The molecule has 2 atom stereocenters. The SMILES string of the molecule is O=C(O)CC(C(=O)O)C(OC(=O)C(=O)CBr)C(=O)O. The highest BCUT2D eigenvalue weighted by Gasteiger charge is 2.39. The molecule has 2 unspecified atom stereocenters. The van der Waals surface area contributed by atoms with Crippen LogP contribution in [-0.4, -0.2) is 56.4 Å². The fourth-order valence-corrected chi connectivity index (χ4v) is 1.28. The van der Waals surface area contributed by atoms with Crippen LogP contribution in [0.25, 0.3) is 0 Å². The molecule has 0 aromatic carbocycles. The summed E-state index contributed by atoms with van der Waals surface area (Å²) in [7, 11) is 0. The van der Waals surface area contributed by atoms with Crippen molar-refractivity contribution in [3.8, 4) is 0 Å². The Labute approximate surface area is 114 Å². The summed E-state index contributed by atoms with van der Waals surface area (Å²) in [4.78, 5) is 54.1. The summed E-state index contributed by atoms with van der Waals surface area (Å²) in [6, 6.07) is 0. The lowest BCUT2D eigenvalue weighted by Gasteiger charge is -2.18. The van der Waals surface area contributed by atoms with Gasteiger partial charge in [-0.25, -0.2) is 9.59 Å². The molecule has 0 rings (SSSR count). The predicted molar refractivity (Wildman–Crippen MR) is 59.7 cm³/mol. The smallest absolute Gasteiger partial charge is 0.376 e. The molecule has 3 N–H and O–H groups in total. The van der Waals surface area contributed by atoms with E-state index in [1.165, 1.54) is 0 Å². The minimum Gasteiger partial charge on any atom is -0.481 e. The Bertz CT molecular complexity index is 416. The molecule has 0 aromatic rings. The van der Waals surface area contributed by atoms with Gasteiger partial charge in [-0.1, -0.05) is 15.9 Å². The van der Waals surface area contributed by atoms with Crippen molar-refractivity contribution in [2.45, 2.75) is 12.5 Å². The summed E-state index contributed by atoms with van der Waals surface area (Å²) in [6.07, 6.45) is -3.33. The number of hydrogen-bond acceptors (Lipinski definition) is 6. The maximum absolute atomic E-state index is 11.1. The number of carbonyl (C=O) groups is 5.